The number of methoxy groups -OCH3 is 3. The van der Waals surface area contributed by atoms with Crippen LogP contribution in [0.3, 0.4) is 0 Å². The minimum Gasteiger partial charge on any atom is -0.497 e. The van der Waals surface area contributed by atoms with Crippen molar-refractivity contribution >= 4 is 45.4 Å². The molecule has 0 saturated carbocycles. The van der Waals surface area contributed by atoms with Crippen molar-refractivity contribution in [3.63, 3.8) is 0 Å². The zero-order chi connectivity index (χ0) is 22.5. The van der Waals surface area contributed by atoms with E-state index in [0.717, 1.165) is 27.8 Å². The molecule has 4 rings (SSSR count). The van der Waals surface area contributed by atoms with Crippen molar-refractivity contribution in [3.05, 3.63) is 71.1 Å². The van der Waals surface area contributed by atoms with Crippen LogP contribution in [0, 0.1) is 0 Å². The summed E-state index contributed by atoms with van der Waals surface area (Å²) < 4.78 is 16.2. The zero-order valence-corrected chi connectivity index (χ0v) is 19.0. The SMILES string of the molecule is COCCN1C(=O)/C(=C/c2c(OC)ccc3ccc(OC)cc23)SC1=Nc1ccccc1. The van der Waals surface area contributed by atoms with Gasteiger partial charge in [0, 0.05) is 12.7 Å². The minimum absolute atomic E-state index is 0.108. The molecule has 3 aromatic rings. The van der Waals surface area contributed by atoms with Crippen LogP contribution < -0.4 is 9.47 Å². The molecular weight excluding hydrogens is 424 g/mol. The Balaban J connectivity index is 1.80. The van der Waals surface area contributed by atoms with Gasteiger partial charge in [-0.1, -0.05) is 30.3 Å². The number of aliphatic imine (C=N–C) groups is 1. The van der Waals surface area contributed by atoms with Crippen LogP contribution in [0.1, 0.15) is 5.56 Å². The van der Waals surface area contributed by atoms with Crippen molar-refractivity contribution in [2.75, 3.05) is 34.5 Å². The van der Waals surface area contributed by atoms with E-state index in [2.05, 4.69) is 0 Å². The lowest BCUT2D eigenvalue weighted by Crippen LogP contribution is -2.32. The van der Waals surface area contributed by atoms with Gasteiger partial charge < -0.3 is 14.2 Å². The Morgan fingerprint density at radius 2 is 1.78 bits per heavy atom. The van der Waals surface area contributed by atoms with Gasteiger partial charge in [0.05, 0.1) is 38.0 Å². The summed E-state index contributed by atoms with van der Waals surface area (Å²) in [6.07, 6.45) is 1.88. The predicted molar refractivity (Wildman–Crippen MR) is 130 cm³/mol. The number of carbonyl (C=O) groups is 1. The largest absolute Gasteiger partial charge is 0.497 e. The van der Waals surface area contributed by atoms with Crippen molar-refractivity contribution < 1.29 is 19.0 Å². The van der Waals surface area contributed by atoms with Gasteiger partial charge in [0.25, 0.3) is 5.91 Å². The van der Waals surface area contributed by atoms with Crippen LogP contribution in [0.5, 0.6) is 11.5 Å². The molecule has 1 heterocycles. The first-order valence-electron chi connectivity index (χ1n) is 10.1. The lowest BCUT2D eigenvalue weighted by Gasteiger charge is -2.14. The lowest BCUT2D eigenvalue weighted by molar-refractivity contribution is -0.122. The fourth-order valence-electron chi connectivity index (χ4n) is 3.47. The van der Waals surface area contributed by atoms with E-state index in [1.165, 1.54) is 11.8 Å². The van der Waals surface area contributed by atoms with Gasteiger partial charge in [-0.15, -0.1) is 0 Å². The summed E-state index contributed by atoms with van der Waals surface area (Å²) in [5.41, 5.74) is 1.62. The Morgan fingerprint density at radius 3 is 2.50 bits per heavy atom. The average molecular weight is 449 g/mol. The Morgan fingerprint density at radius 1 is 1.00 bits per heavy atom. The lowest BCUT2D eigenvalue weighted by atomic mass is 10.0. The molecule has 3 aromatic carbocycles. The van der Waals surface area contributed by atoms with Gasteiger partial charge in [-0.3, -0.25) is 9.69 Å². The van der Waals surface area contributed by atoms with Crippen molar-refractivity contribution in [3.8, 4) is 11.5 Å². The van der Waals surface area contributed by atoms with Crippen molar-refractivity contribution in [1.82, 2.24) is 4.90 Å². The molecule has 0 spiro atoms. The highest BCUT2D eigenvalue weighted by molar-refractivity contribution is 8.18. The number of hydrogen-bond donors (Lipinski definition) is 0. The van der Waals surface area contributed by atoms with E-state index in [1.807, 2.05) is 66.7 Å². The van der Waals surface area contributed by atoms with Crippen LogP contribution in [0.15, 0.2) is 70.6 Å². The highest BCUT2D eigenvalue weighted by Crippen LogP contribution is 2.38. The Labute approximate surface area is 191 Å². The van der Waals surface area contributed by atoms with E-state index in [1.54, 1.807) is 26.2 Å². The summed E-state index contributed by atoms with van der Waals surface area (Å²) in [4.78, 5) is 20.2. The highest BCUT2D eigenvalue weighted by Gasteiger charge is 2.33. The molecule has 7 heteroatoms. The average Bonchev–Trinajstić information content (AvgIpc) is 3.11. The summed E-state index contributed by atoms with van der Waals surface area (Å²) in [6, 6.07) is 19.4. The van der Waals surface area contributed by atoms with Crippen molar-refractivity contribution in [2.45, 2.75) is 0 Å². The quantitative estimate of drug-likeness (QED) is 0.470. The Bertz CT molecular complexity index is 1190. The van der Waals surface area contributed by atoms with Gasteiger partial charge in [0.15, 0.2) is 5.17 Å². The molecule has 32 heavy (non-hydrogen) atoms. The molecule has 0 radical (unpaired) electrons. The zero-order valence-electron chi connectivity index (χ0n) is 18.2. The molecule has 0 N–H and O–H groups in total. The summed E-state index contributed by atoms with van der Waals surface area (Å²) >= 11 is 1.35. The van der Waals surface area contributed by atoms with Gasteiger partial charge in [0.2, 0.25) is 0 Å². The Kier molecular flexibility index (Phi) is 6.78. The summed E-state index contributed by atoms with van der Waals surface area (Å²) in [6.45, 7) is 0.841. The van der Waals surface area contributed by atoms with Gasteiger partial charge in [-0.05, 0) is 58.9 Å². The fourth-order valence-corrected chi connectivity index (χ4v) is 4.48. The van der Waals surface area contributed by atoms with Crippen LogP contribution in [0.25, 0.3) is 16.8 Å². The van der Waals surface area contributed by atoms with Crippen LogP contribution in [0.4, 0.5) is 5.69 Å². The normalized spacial score (nSPS) is 16.3. The second-order valence-corrected chi connectivity index (χ2v) is 8.07. The molecule has 164 valence electrons. The summed E-state index contributed by atoms with van der Waals surface area (Å²) in [5, 5.41) is 2.60. The number of carbonyl (C=O) groups excluding carboxylic acids is 1. The second-order valence-electron chi connectivity index (χ2n) is 7.06. The van der Waals surface area contributed by atoms with Gasteiger partial charge in [0.1, 0.15) is 11.5 Å². The van der Waals surface area contributed by atoms with E-state index >= 15 is 0 Å². The first-order chi connectivity index (χ1) is 15.6. The number of para-hydroxylation sites is 1. The van der Waals surface area contributed by atoms with Crippen LogP contribution in [-0.2, 0) is 9.53 Å². The summed E-state index contributed by atoms with van der Waals surface area (Å²) in [5.74, 6) is 1.32. The maximum Gasteiger partial charge on any atom is 0.266 e. The first-order valence-corrected chi connectivity index (χ1v) is 10.9. The molecule has 1 fully saturated rings. The number of fused-ring (bicyclic) bond motifs is 1. The van der Waals surface area contributed by atoms with E-state index in [9.17, 15) is 4.79 Å². The molecule has 0 aromatic heterocycles. The highest BCUT2D eigenvalue weighted by atomic mass is 32.2. The smallest absolute Gasteiger partial charge is 0.266 e. The number of rotatable bonds is 7. The minimum atomic E-state index is -0.108. The fraction of sp³-hybridized carbons (Fsp3) is 0.200. The Hall–Kier alpha value is -3.29. The third-order valence-corrected chi connectivity index (χ3v) is 6.12. The predicted octanol–water partition coefficient (Wildman–Crippen LogP) is 5.11. The number of amidine groups is 1. The number of hydrogen-bond acceptors (Lipinski definition) is 6. The van der Waals surface area contributed by atoms with Crippen LogP contribution in [0.2, 0.25) is 0 Å². The third-order valence-electron chi connectivity index (χ3n) is 5.11. The maximum atomic E-state index is 13.3. The number of amides is 1. The van der Waals surface area contributed by atoms with E-state index in [0.29, 0.717) is 29.0 Å². The van der Waals surface area contributed by atoms with Gasteiger partial charge in [-0.2, -0.15) is 0 Å². The molecular formula is C25H24N2O4S. The molecule has 1 saturated heterocycles. The molecule has 0 unspecified atom stereocenters. The molecule has 0 bridgehead atoms. The molecule has 1 aliphatic heterocycles. The van der Waals surface area contributed by atoms with Crippen LogP contribution in [-0.4, -0.2) is 50.5 Å². The van der Waals surface area contributed by atoms with Crippen LogP contribution >= 0.6 is 11.8 Å². The van der Waals surface area contributed by atoms with Gasteiger partial charge >= 0.3 is 0 Å². The second kappa shape index (κ2) is 9.89. The number of thioether (sulfide) groups is 1. The topological polar surface area (TPSA) is 60.4 Å². The van der Waals surface area contributed by atoms with Crippen molar-refractivity contribution in [1.29, 1.82) is 0 Å². The van der Waals surface area contributed by atoms with Crippen molar-refractivity contribution in [2.24, 2.45) is 4.99 Å². The van der Waals surface area contributed by atoms with Gasteiger partial charge in [-0.25, -0.2) is 4.99 Å². The van der Waals surface area contributed by atoms with E-state index in [4.69, 9.17) is 19.2 Å². The molecule has 1 aliphatic rings. The molecule has 0 atom stereocenters. The van der Waals surface area contributed by atoms with E-state index in [-0.39, 0.29) is 5.91 Å². The maximum absolute atomic E-state index is 13.3. The molecule has 1 amide bonds. The first kappa shape index (κ1) is 21.9. The number of ether oxygens (including phenoxy) is 3. The third kappa shape index (κ3) is 4.49. The van der Waals surface area contributed by atoms with E-state index < -0.39 is 0 Å². The summed E-state index contributed by atoms with van der Waals surface area (Å²) in [7, 11) is 4.88. The molecule has 0 aliphatic carbocycles. The standard InChI is InChI=1S/C25H24N2O4S/c1-29-14-13-27-24(28)23(32-25(27)26-18-7-5-4-6-8-18)16-21-20-15-19(30-2)11-9-17(20)10-12-22(21)31-3/h4-12,15-16H,13-14H2,1-3H3/b23-16-,26-25?. The number of benzene rings is 3. The number of nitrogens with zero attached hydrogens (tertiary/aromatic N) is 2. The molecule has 6 nitrogen and oxygen atoms in total. The monoisotopic (exact) mass is 448 g/mol.